The lowest BCUT2D eigenvalue weighted by molar-refractivity contribution is 0.297. The molecule has 0 spiro atoms. The molecule has 2 nitrogen and oxygen atoms in total. The van der Waals surface area contributed by atoms with Gasteiger partial charge in [-0.15, -0.1) is 11.6 Å². The van der Waals surface area contributed by atoms with Crippen molar-refractivity contribution in [2.24, 2.45) is 5.92 Å². The minimum Gasteiger partial charge on any atom is -0.490 e. The lowest BCUT2D eigenvalue weighted by Gasteiger charge is -2.19. The summed E-state index contributed by atoms with van der Waals surface area (Å²) in [5, 5.41) is 0.555. The number of fused-ring (bicyclic) bond motifs is 1. The first-order valence-corrected chi connectivity index (χ1v) is 7.18. The summed E-state index contributed by atoms with van der Waals surface area (Å²) < 4.78 is 11.3. The van der Waals surface area contributed by atoms with Gasteiger partial charge in [0, 0.05) is 17.5 Å². The van der Waals surface area contributed by atoms with E-state index in [4.69, 9.17) is 32.7 Å². The SMILES string of the molecule is CCC(C)C(Cl)c1cc2c(cc1Cl)OCCCO2. The maximum atomic E-state index is 6.46. The van der Waals surface area contributed by atoms with E-state index in [1.165, 1.54) is 0 Å². The van der Waals surface area contributed by atoms with Gasteiger partial charge in [0.05, 0.1) is 18.6 Å². The van der Waals surface area contributed by atoms with E-state index >= 15 is 0 Å². The van der Waals surface area contributed by atoms with Crippen LogP contribution in [0.1, 0.15) is 37.6 Å². The highest BCUT2D eigenvalue weighted by atomic mass is 35.5. The second kappa shape index (κ2) is 6.03. The molecule has 2 atom stereocenters. The zero-order valence-electron chi connectivity index (χ0n) is 10.7. The minimum atomic E-state index is -0.0975. The third-order valence-corrected chi connectivity index (χ3v) is 4.30. The molecule has 2 rings (SSSR count). The molecule has 0 N–H and O–H groups in total. The van der Waals surface area contributed by atoms with E-state index in [9.17, 15) is 0 Å². The first kappa shape index (κ1) is 13.8. The Kier molecular flexibility index (Phi) is 4.63. The van der Waals surface area contributed by atoms with Crippen LogP contribution in [0.3, 0.4) is 0 Å². The van der Waals surface area contributed by atoms with Crippen molar-refractivity contribution in [3.63, 3.8) is 0 Å². The van der Waals surface area contributed by atoms with E-state index in [0.717, 1.165) is 24.2 Å². The van der Waals surface area contributed by atoms with Crippen molar-refractivity contribution < 1.29 is 9.47 Å². The largest absolute Gasteiger partial charge is 0.490 e. The van der Waals surface area contributed by atoms with Gasteiger partial charge >= 0.3 is 0 Å². The lowest BCUT2D eigenvalue weighted by atomic mass is 9.98. The van der Waals surface area contributed by atoms with E-state index in [1.807, 2.05) is 12.1 Å². The Labute approximate surface area is 118 Å². The molecule has 0 fully saturated rings. The quantitative estimate of drug-likeness (QED) is 0.742. The highest BCUT2D eigenvalue weighted by Gasteiger charge is 2.21. The summed E-state index contributed by atoms with van der Waals surface area (Å²) in [6, 6.07) is 3.74. The molecule has 100 valence electrons. The van der Waals surface area contributed by atoms with E-state index in [2.05, 4.69) is 13.8 Å². The summed E-state index contributed by atoms with van der Waals surface area (Å²) >= 11 is 12.8. The molecule has 0 bridgehead atoms. The summed E-state index contributed by atoms with van der Waals surface area (Å²) in [4.78, 5) is 0. The van der Waals surface area contributed by atoms with Crippen LogP contribution in [0.25, 0.3) is 0 Å². The van der Waals surface area contributed by atoms with E-state index < -0.39 is 0 Å². The number of hydrogen-bond donors (Lipinski definition) is 0. The predicted octanol–water partition coefficient (Wildman–Crippen LogP) is 4.83. The number of halogens is 2. The lowest BCUT2D eigenvalue weighted by Crippen LogP contribution is -2.04. The third kappa shape index (κ3) is 2.86. The summed E-state index contributed by atoms with van der Waals surface area (Å²) in [7, 11) is 0. The van der Waals surface area contributed by atoms with Gasteiger partial charge in [0.1, 0.15) is 0 Å². The number of benzene rings is 1. The van der Waals surface area contributed by atoms with Gasteiger partial charge in [-0.3, -0.25) is 0 Å². The van der Waals surface area contributed by atoms with Crippen LogP contribution in [0, 0.1) is 5.92 Å². The molecule has 4 heteroatoms. The Bertz CT molecular complexity index is 421. The second-order valence-corrected chi connectivity index (χ2v) is 5.54. The summed E-state index contributed by atoms with van der Waals surface area (Å²) in [6.07, 6.45) is 1.90. The maximum absolute atomic E-state index is 6.46. The summed E-state index contributed by atoms with van der Waals surface area (Å²) in [6.45, 7) is 5.58. The van der Waals surface area contributed by atoms with Crippen LogP contribution in [0.15, 0.2) is 12.1 Å². The summed E-state index contributed by atoms with van der Waals surface area (Å²) in [5.41, 5.74) is 0.928. The Morgan fingerprint density at radius 1 is 1.22 bits per heavy atom. The molecule has 18 heavy (non-hydrogen) atoms. The zero-order valence-corrected chi connectivity index (χ0v) is 12.2. The van der Waals surface area contributed by atoms with Crippen LogP contribution >= 0.6 is 23.2 Å². The zero-order chi connectivity index (χ0) is 13.1. The molecule has 0 aliphatic carbocycles. The van der Waals surface area contributed by atoms with Crippen LogP contribution in [0.5, 0.6) is 11.5 Å². The van der Waals surface area contributed by atoms with E-state index in [-0.39, 0.29) is 5.38 Å². The normalized spacial score (nSPS) is 18.0. The van der Waals surface area contributed by atoms with Crippen LogP contribution in [-0.4, -0.2) is 13.2 Å². The Balaban J connectivity index is 2.34. The molecule has 1 heterocycles. The average Bonchev–Trinajstić information content (AvgIpc) is 2.60. The van der Waals surface area contributed by atoms with Crippen molar-refractivity contribution in [3.8, 4) is 11.5 Å². The van der Waals surface area contributed by atoms with Crippen molar-refractivity contribution in [1.29, 1.82) is 0 Å². The topological polar surface area (TPSA) is 18.5 Å². The van der Waals surface area contributed by atoms with Crippen molar-refractivity contribution in [2.75, 3.05) is 13.2 Å². The first-order valence-electron chi connectivity index (χ1n) is 6.36. The standard InChI is InChI=1S/C14H18Cl2O2/c1-3-9(2)14(16)10-7-12-13(8-11(10)15)18-6-4-5-17-12/h7-9,14H,3-6H2,1-2H3. The molecule has 0 aromatic heterocycles. The molecule has 1 aliphatic heterocycles. The molecule has 2 unspecified atom stereocenters. The maximum Gasteiger partial charge on any atom is 0.162 e. The van der Waals surface area contributed by atoms with Crippen LogP contribution in [-0.2, 0) is 0 Å². The Morgan fingerprint density at radius 3 is 2.44 bits per heavy atom. The molecule has 0 saturated carbocycles. The minimum absolute atomic E-state index is 0.0975. The molecule has 1 aromatic rings. The fourth-order valence-corrected chi connectivity index (χ4v) is 2.61. The van der Waals surface area contributed by atoms with Gasteiger partial charge in [-0.1, -0.05) is 31.9 Å². The highest BCUT2D eigenvalue weighted by Crippen LogP contribution is 2.42. The van der Waals surface area contributed by atoms with Gasteiger partial charge < -0.3 is 9.47 Å². The van der Waals surface area contributed by atoms with Crippen molar-refractivity contribution in [2.45, 2.75) is 32.1 Å². The van der Waals surface area contributed by atoms with Gasteiger partial charge in [-0.25, -0.2) is 0 Å². The van der Waals surface area contributed by atoms with Gasteiger partial charge in [-0.2, -0.15) is 0 Å². The summed E-state index contributed by atoms with van der Waals surface area (Å²) in [5.74, 6) is 1.84. The number of hydrogen-bond acceptors (Lipinski definition) is 2. The van der Waals surface area contributed by atoms with Gasteiger partial charge in [-0.05, 0) is 17.5 Å². The van der Waals surface area contributed by atoms with Crippen molar-refractivity contribution in [3.05, 3.63) is 22.7 Å². The fraction of sp³-hybridized carbons (Fsp3) is 0.571. The van der Waals surface area contributed by atoms with Crippen LogP contribution in [0.2, 0.25) is 5.02 Å². The van der Waals surface area contributed by atoms with Crippen LogP contribution in [0.4, 0.5) is 0 Å². The number of ether oxygens (including phenoxy) is 2. The molecular formula is C14H18Cl2O2. The number of alkyl halides is 1. The monoisotopic (exact) mass is 288 g/mol. The smallest absolute Gasteiger partial charge is 0.162 e. The average molecular weight is 289 g/mol. The number of rotatable bonds is 3. The van der Waals surface area contributed by atoms with E-state index in [1.54, 1.807) is 0 Å². The van der Waals surface area contributed by atoms with Gasteiger partial charge in [0.25, 0.3) is 0 Å². The molecule has 0 saturated heterocycles. The van der Waals surface area contributed by atoms with E-state index in [0.29, 0.717) is 29.9 Å². The van der Waals surface area contributed by atoms with Gasteiger partial charge in [0.2, 0.25) is 0 Å². The first-order chi connectivity index (χ1) is 8.63. The molecule has 1 aliphatic rings. The third-order valence-electron chi connectivity index (χ3n) is 3.31. The predicted molar refractivity (Wildman–Crippen MR) is 75.1 cm³/mol. The fourth-order valence-electron chi connectivity index (χ4n) is 1.92. The molecular weight excluding hydrogens is 271 g/mol. The molecule has 1 aromatic carbocycles. The van der Waals surface area contributed by atoms with Crippen LogP contribution < -0.4 is 9.47 Å². The highest BCUT2D eigenvalue weighted by molar-refractivity contribution is 6.33. The Hall–Kier alpha value is -0.600. The Morgan fingerprint density at radius 2 is 1.83 bits per heavy atom. The van der Waals surface area contributed by atoms with Gasteiger partial charge in [0.15, 0.2) is 11.5 Å². The van der Waals surface area contributed by atoms with Crippen molar-refractivity contribution in [1.82, 2.24) is 0 Å². The van der Waals surface area contributed by atoms with Crippen molar-refractivity contribution >= 4 is 23.2 Å². The molecule has 0 radical (unpaired) electrons. The second-order valence-electron chi connectivity index (χ2n) is 4.66. The molecule has 0 amide bonds.